The predicted octanol–water partition coefficient (Wildman–Crippen LogP) is 2.17. The summed E-state index contributed by atoms with van der Waals surface area (Å²) in [4.78, 5) is 11.0. The van der Waals surface area contributed by atoms with Gasteiger partial charge < -0.3 is 0 Å². The molecule has 0 aliphatic carbocycles. The summed E-state index contributed by atoms with van der Waals surface area (Å²) >= 11 is 3.98. The molecule has 0 fully saturated rings. The van der Waals surface area contributed by atoms with Gasteiger partial charge in [0.15, 0.2) is 5.78 Å². The lowest BCUT2D eigenvalue weighted by Crippen LogP contribution is -1.91. The zero-order chi connectivity index (χ0) is 9.68. The largest absolute Gasteiger partial charge is 0.295 e. The molecule has 0 radical (unpaired) electrons. The number of carbonyl (C=O) groups is 1. The van der Waals surface area contributed by atoms with Crippen LogP contribution in [0.3, 0.4) is 0 Å². The third-order valence-corrected chi connectivity index (χ3v) is 1.74. The van der Waals surface area contributed by atoms with Crippen LogP contribution >= 0.6 is 12.6 Å². The molecule has 0 unspecified atom stereocenters. The van der Waals surface area contributed by atoms with E-state index >= 15 is 0 Å². The van der Waals surface area contributed by atoms with Crippen molar-refractivity contribution in [2.45, 2.75) is 6.92 Å². The molecular weight excluding hydrogens is 180 g/mol. The summed E-state index contributed by atoms with van der Waals surface area (Å²) in [5, 5.41) is 0. The van der Waals surface area contributed by atoms with Crippen LogP contribution in [0.1, 0.15) is 22.8 Å². The lowest BCUT2D eigenvalue weighted by atomic mass is 10.1. The Bertz CT molecular complexity index is 371. The van der Waals surface area contributed by atoms with Gasteiger partial charge in [-0.25, -0.2) is 0 Å². The lowest BCUT2D eigenvalue weighted by Gasteiger charge is -1.94. The van der Waals surface area contributed by atoms with Gasteiger partial charge in [0.25, 0.3) is 0 Å². The summed E-state index contributed by atoms with van der Waals surface area (Å²) in [7, 11) is 0. The summed E-state index contributed by atoms with van der Waals surface area (Å²) in [5.41, 5.74) is 1.56. The topological polar surface area (TPSA) is 17.1 Å². The van der Waals surface area contributed by atoms with Crippen LogP contribution in [0.2, 0.25) is 0 Å². The van der Waals surface area contributed by atoms with Gasteiger partial charge in [0.05, 0.1) is 5.75 Å². The van der Waals surface area contributed by atoms with Gasteiger partial charge in [-0.3, -0.25) is 4.79 Å². The summed E-state index contributed by atoms with van der Waals surface area (Å²) in [6.07, 6.45) is 0. The highest BCUT2D eigenvalue weighted by molar-refractivity contribution is 7.80. The predicted molar refractivity (Wildman–Crippen MR) is 57.2 cm³/mol. The zero-order valence-electron chi connectivity index (χ0n) is 7.37. The molecule has 0 spiro atoms. The molecule has 1 nitrogen and oxygen atoms in total. The van der Waals surface area contributed by atoms with Crippen molar-refractivity contribution in [3.8, 4) is 11.8 Å². The smallest absolute Gasteiger partial charge is 0.159 e. The molecule has 2 heteroatoms. The second kappa shape index (κ2) is 4.74. The van der Waals surface area contributed by atoms with Gasteiger partial charge in [0.2, 0.25) is 0 Å². The molecule has 0 aliphatic rings. The SMILES string of the molecule is CC(=O)c1cccc(C#CCS)c1. The Balaban J connectivity index is 2.98. The van der Waals surface area contributed by atoms with Crippen molar-refractivity contribution in [2.24, 2.45) is 0 Å². The van der Waals surface area contributed by atoms with Gasteiger partial charge in [-0.15, -0.1) is 0 Å². The van der Waals surface area contributed by atoms with Crippen molar-refractivity contribution in [1.82, 2.24) is 0 Å². The highest BCUT2D eigenvalue weighted by Crippen LogP contribution is 2.04. The monoisotopic (exact) mass is 190 g/mol. The van der Waals surface area contributed by atoms with E-state index in [1.54, 1.807) is 19.1 Å². The third kappa shape index (κ3) is 2.96. The standard InChI is InChI=1S/C11H10OS/c1-9(12)11-6-2-4-10(8-11)5-3-7-13/h2,4,6,8,13H,7H2,1H3. The maximum atomic E-state index is 11.0. The summed E-state index contributed by atoms with van der Waals surface area (Å²) in [6.45, 7) is 1.55. The molecule has 0 heterocycles. The molecule has 0 atom stereocenters. The van der Waals surface area contributed by atoms with Gasteiger partial charge >= 0.3 is 0 Å². The van der Waals surface area contributed by atoms with Crippen LogP contribution in [0, 0.1) is 11.8 Å². The first-order valence-corrected chi connectivity index (χ1v) is 4.58. The molecule has 0 aromatic heterocycles. The fraction of sp³-hybridized carbons (Fsp3) is 0.182. The number of carbonyl (C=O) groups excluding carboxylic acids is 1. The lowest BCUT2D eigenvalue weighted by molar-refractivity contribution is 0.101. The minimum Gasteiger partial charge on any atom is -0.295 e. The summed E-state index contributed by atoms with van der Waals surface area (Å²) in [6, 6.07) is 7.29. The number of benzene rings is 1. The quantitative estimate of drug-likeness (QED) is 0.408. The van der Waals surface area contributed by atoms with Crippen molar-refractivity contribution in [2.75, 3.05) is 5.75 Å². The van der Waals surface area contributed by atoms with Crippen LogP contribution in [0.4, 0.5) is 0 Å². The third-order valence-electron chi connectivity index (χ3n) is 1.58. The molecule has 1 aromatic carbocycles. The fourth-order valence-electron chi connectivity index (χ4n) is 0.958. The molecule has 0 N–H and O–H groups in total. The number of rotatable bonds is 1. The van der Waals surface area contributed by atoms with Crippen molar-refractivity contribution in [1.29, 1.82) is 0 Å². The van der Waals surface area contributed by atoms with Crippen molar-refractivity contribution in [3.63, 3.8) is 0 Å². The first kappa shape index (κ1) is 9.88. The Kier molecular flexibility index (Phi) is 3.60. The number of hydrogen-bond donors (Lipinski definition) is 1. The molecule has 1 aromatic rings. The minimum atomic E-state index is 0.0644. The summed E-state index contributed by atoms with van der Waals surface area (Å²) < 4.78 is 0. The van der Waals surface area contributed by atoms with Crippen molar-refractivity contribution in [3.05, 3.63) is 35.4 Å². The number of thiol groups is 1. The second-order valence-electron chi connectivity index (χ2n) is 2.60. The van der Waals surface area contributed by atoms with E-state index < -0.39 is 0 Å². The van der Waals surface area contributed by atoms with E-state index in [4.69, 9.17) is 0 Å². The van der Waals surface area contributed by atoms with Crippen molar-refractivity contribution >= 4 is 18.4 Å². The van der Waals surface area contributed by atoms with Gasteiger partial charge in [-0.05, 0) is 19.1 Å². The first-order valence-electron chi connectivity index (χ1n) is 3.95. The molecule has 0 aliphatic heterocycles. The van der Waals surface area contributed by atoms with E-state index in [0.717, 1.165) is 5.56 Å². The second-order valence-corrected chi connectivity index (χ2v) is 2.91. The van der Waals surface area contributed by atoms with Crippen LogP contribution in [0.5, 0.6) is 0 Å². The Morgan fingerprint density at radius 1 is 1.54 bits per heavy atom. The molecular formula is C11H10OS. The normalized spacial score (nSPS) is 8.77. The van der Waals surface area contributed by atoms with Crippen LogP contribution in [0.15, 0.2) is 24.3 Å². The molecule has 0 saturated carbocycles. The van der Waals surface area contributed by atoms with E-state index in [0.29, 0.717) is 11.3 Å². The van der Waals surface area contributed by atoms with E-state index in [1.165, 1.54) is 0 Å². The maximum absolute atomic E-state index is 11.0. The van der Waals surface area contributed by atoms with E-state index in [9.17, 15) is 4.79 Å². The first-order chi connectivity index (χ1) is 6.24. The molecule has 66 valence electrons. The van der Waals surface area contributed by atoms with E-state index in [2.05, 4.69) is 24.5 Å². The van der Waals surface area contributed by atoms with Crippen LogP contribution < -0.4 is 0 Å². The number of hydrogen-bond acceptors (Lipinski definition) is 2. The molecule has 0 bridgehead atoms. The average Bonchev–Trinajstić information content (AvgIpc) is 2.15. The Morgan fingerprint density at radius 3 is 2.92 bits per heavy atom. The van der Waals surface area contributed by atoms with Crippen LogP contribution in [-0.4, -0.2) is 11.5 Å². The highest BCUT2D eigenvalue weighted by atomic mass is 32.1. The maximum Gasteiger partial charge on any atom is 0.159 e. The number of Topliss-reactive ketones (excluding diaryl/α,β-unsaturated/α-hetero) is 1. The molecule has 0 saturated heterocycles. The Labute approximate surface area is 83.6 Å². The van der Waals surface area contributed by atoms with Crippen LogP contribution in [-0.2, 0) is 0 Å². The molecule has 13 heavy (non-hydrogen) atoms. The minimum absolute atomic E-state index is 0.0644. The van der Waals surface area contributed by atoms with Gasteiger partial charge in [-0.1, -0.05) is 24.0 Å². The van der Waals surface area contributed by atoms with E-state index in [-0.39, 0.29) is 5.78 Å². The molecule has 0 amide bonds. The van der Waals surface area contributed by atoms with Gasteiger partial charge in [0.1, 0.15) is 0 Å². The fourth-order valence-corrected chi connectivity index (χ4v) is 1.04. The number of ketones is 1. The highest BCUT2D eigenvalue weighted by Gasteiger charge is 1.97. The van der Waals surface area contributed by atoms with Gasteiger partial charge in [-0.2, -0.15) is 12.6 Å². The molecule has 1 rings (SSSR count). The average molecular weight is 190 g/mol. The van der Waals surface area contributed by atoms with Gasteiger partial charge in [0, 0.05) is 11.1 Å². The Hall–Kier alpha value is -1.20. The zero-order valence-corrected chi connectivity index (χ0v) is 8.27. The van der Waals surface area contributed by atoms with Crippen molar-refractivity contribution < 1.29 is 4.79 Å². The summed E-state index contributed by atoms with van der Waals surface area (Å²) in [5.74, 6) is 6.34. The van der Waals surface area contributed by atoms with Crippen LogP contribution in [0.25, 0.3) is 0 Å². The Morgan fingerprint density at radius 2 is 2.31 bits per heavy atom. The van der Waals surface area contributed by atoms with E-state index in [1.807, 2.05) is 12.1 Å².